The number of piperidine rings is 1. The summed E-state index contributed by atoms with van der Waals surface area (Å²) in [6.45, 7) is 5.71. The fourth-order valence-corrected chi connectivity index (χ4v) is 7.46. The Morgan fingerprint density at radius 1 is 0.981 bits per heavy atom. The summed E-state index contributed by atoms with van der Waals surface area (Å²) in [6.07, 6.45) is 1.64. The lowest BCUT2D eigenvalue weighted by Crippen LogP contribution is -2.61. The summed E-state index contributed by atoms with van der Waals surface area (Å²) in [5, 5.41) is 5.22. The minimum absolute atomic E-state index is 0.148. The van der Waals surface area contributed by atoms with Crippen LogP contribution in [0.25, 0.3) is 0 Å². The molecule has 4 rings (SSSR count). The minimum Gasteiger partial charge on any atom is -0.424 e. The summed E-state index contributed by atoms with van der Waals surface area (Å²) in [6, 6.07) is 14.8. The maximum Gasteiger partial charge on any atom is 0.411 e. The predicted octanol–water partition coefficient (Wildman–Crippen LogP) is 1.88. The Balaban J connectivity index is 1.39. The van der Waals surface area contributed by atoms with Gasteiger partial charge in [-0.3, -0.25) is 18.7 Å². The Morgan fingerprint density at radius 3 is 2.29 bits per heavy atom. The van der Waals surface area contributed by atoms with Crippen molar-refractivity contribution in [2.75, 3.05) is 43.3 Å². The van der Waals surface area contributed by atoms with E-state index in [4.69, 9.17) is 25.7 Å². The van der Waals surface area contributed by atoms with Crippen LogP contribution in [0.1, 0.15) is 64.0 Å². The van der Waals surface area contributed by atoms with Gasteiger partial charge in [-0.2, -0.15) is 0 Å². The van der Waals surface area contributed by atoms with E-state index in [-0.39, 0.29) is 19.1 Å². The zero-order chi connectivity index (χ0) is 38.1. The van der Waals surface area contributed by atoms with Crippen LogP contribution in [-0.4, -0.2) is 100 Å². The summed E-state index contributed by atoms with van der Waals surface area (Å²) in [5.74, 6) is -1.79. The van der Waals surface area contributed by atoms with E-state index >= 15 is 0 Å². The standard InChI is InChI=1S/C36H52N6O9S/c1-25(50-32(44)28(38)15-10-11-19-37)51-34(46)40-35(2,3)33(45)39-29(23-49-22-26-12-6-5-7-13-26)31(43)41-20-17-36(18-21-41)24-42(52(4,47)48)30-16-9-8-14-27(30)36/h5-9,12-14,16,25,28-29H,10-11,15,17-24,37-38H2,1-4H3,(H,39,45)(H,40,46)/t25?,28?,29-/m1/s1. The normalized spacial score (nSPS) is 17.1. The van der Waals surface area contributed by atoms with Gasteiger partial charge >= 0.3 is 12.1 Å². The molecule has 1 fully saturated rings. The molecule has 1 spiro atoms. The summed E-state index contributed by atoms with van der Waals surface area (Å²) in [7, 11) is -3.50. The van der Waals surface area contributed by atoms with Gasteiger partial charge in [0.1, 0.15) is 17.6 Å². The predicted molar refractivity (Wildman–Crippen MR) is 194 cm³/mol. The molecule has 6 N–H and O–H groups in total. The number of anilines is 1. The van der Waals surface area contributed by atoms with Gasteiger partial charge in [0, 0.05) is 32.0 Å². The number of nitrogens with two attached hydrogens (primary N) is 2. The molecule has 2 heterocycles. The van der Waals surface area contributed by atoms with Gasteiger partial charge < -0.3 is 41.2 Å². The number of para-hydroxylation sites is 1. The highest BCUT2D eigenvalue weighted by Gasteiger charge is 2.48. The Labute approximate surface area is 305 Å². The molecule has 0 saturated carbocycles. The lowest BCUT2D eigenvalue weighted by Gasteiger charge is -2.41. The number of likely N-dealkylation sites (tertiary alicyclic amines) is 1. The highest BCUT2D eigenvalue weighted by atomic mass is 32.2. The molecule has 16 heteroatoms. The molecule has 0 radical (unpaired) electrons. The molecule has 2 aliphatic heterocycles. The van der Waals surface area contributed by atoms with Gasteiger partial charge in [-0.25, -0.2) is 13.2 Å². The van der Waals surface area contributed by atoms with Gasteiger partial charge in [-0.15, -0.1) is 0 Å². The number of alkyl carbamates (subject to hydrolysis) is 1. The van der Waals surface area contributed by atoms with Crippen molar-refractivity contribution >= 4 is 39.6 Å². The van der Waals surface area contributed by atoms with Crippen LogP contribution in [-0.2, 0) is 50.6 Å². The highest BCUT2D eigenvalue weighted by molar-refractivity contribution is 7.92. The third-order valence-electron chi connectivity index (χ3n) is 9.43. The molecule has 2 aromatic rings. The van der Waals surface area contributed by atoms with Gasteiger partial charge in [0.05, 0.1) is 25.2 Å². The second kappa shape index (κ2) is 17.5. The van der Waals surface area contributed by atoms with E-state index in [9.17, 15) is 27.6 Å². The molecule has 0 bridgehead atoms. The van der Waals surface area contributed by atoms with E-state index in [2.05, 4.69) is 10.6 Å². The lowest BCUT2D eigenvalue weighted by atomic mass is 9.74. The maximum atomic E-state index is 14.0. The minimum atomic E-state index is -3.50. The number of ether oxygens (including phenoxy) is 3. The molecule has 3 atom stereocenters. The van der Waals surface area contributed by atoms with Crippen LogP contribution in [0.15, 0.2) is 54.6 Å². The van der Waals surface area contributed by atoms with Gasteiger partial charge in [0.25, 0.3) is 0 Å². The number of unbranched alkanes of at least 4 members (excludes halogenated alkanes) is 1. The van der Waals surface area contributed by atoms with Crippen molar-refractivity contribution in [3.05, 3.63) is 65.7 Å². The van der Waals surface area contributed by atoms with Gasteiger partial charge in [0.2, 0.25) is 28.1 Å². The van der Waals surface area contributed by atoms with E-state index in [0.29, 0.717) is 64.0 Å². The van der Waals surface area contributed by atoms with Crippen molar-refractivity contribution in [1.29, 1.82) is 0 Å². The van der Waals surface area contributed by atoms with Crippen LogP contribution in [0.3, 0.4) is 0 Å². The van der Waals surface area contributed by atoms with E-state index < -0.39 is 57.3 Å². The number of nitrogens with one attached hydrogen (secondary N) is 2. The number of fused-ring (bicyclic) bond motifs is 2. The van der Waals surface area contributed by atoms with E-state index in [1.165, 1.54) is 31.3 Å². The van der Waals surface area contributed by atoms with Crippen molar-refractivity contribution in [2.24, 2.45) is 11.5 Å². The van der Waals surface area contributed by atoms with Crippen LogP contribution in [0, 0.1) is 0 Å². The molecule has 2 aromatic carbocycles. The SMILES string of the molecule is CC(OC(=O)NC(C)(C)C(=O)N[C@H](COCc1ccccc1)C(=O)N1CCC2(CC1)CN(S(C)(=O)=O)c1ccccc12)OC(=O)C(N)CCCCN. The average Bonchev–Trinajstić information content (AvgIpc) is 3.42. The maximum absolute atomic E-state index is 14.0. The van der Waals surface area contributed by atoms with Gasteiger partial charge in [-0.05, 0) is 63.3 Å². The van der Waals surface area contributed by atoms with Crippen LogP contribution < -0.4 is 26.4 Å². The largest absolute Gasteiger partial charge is 0.424 e. The number of hydrogen-bond acceptors (Lipinski definition) is 11. The number of hydrogen-bond donors (Lipinski definition) is 4. The Kier molecular flexibility index (Phi) is 13.6. The molecule has 2 unspecified atom stereocenters. The van der Waals surface area contributed by atoms with Crippen LogP contribution in [0.5, 0.6) is 0 Å². The summed E-state index contributed by atoms with van der Waals surface area (Å²) >= 11 is 0. The molecule has 52 heavy (non-hydrogen) atoms. The van der Waals surface area contributed by atoms with Crippen LogP contribution >= 0.6 is 0 Å². The third kappa shape index (κ3) is 10.4. The van der Waals surface area contributed by atoms with Crippen molar-refractivity contribution in [3.8, 4) is 0 Å². The van der Waals surface area contributed by atoms with Crippen LogP contribution in [0.4, 0.5) is 10.5 Å². The molecule has 0 aromatic heterocycles. The molecular weight excluding hydrogens is 692 g/mol. The second-order valence-electron chi connectivity index (χ2n) is 14.0. The summed E-state index contributed by atoms with van der Waals surface area (Å²) in [4.78, 5) is 54.3. The molecule has 286 valence electrons. The number of nitrogens with zero attached hydrogens (tertiary/aromatic N) is 2. The molecule has 1 saturated heterocycles. The van der Waals surface area contributed by atoms with E-state index in [1.54, 1.807) is 11.0 Å². The molecule has 2 aliphatic rings. The first-order valence-corrected chi connectivity index (χ1v) is 19.3. The van der Waals surface area contributed by atoms with Crippen molar-refractivity contribution in [2.45, 2.75) is 88.8 Å². The molecule has 15 nitrogen and oxygen atoms in total. The zero-order valence-electron chi connectivity index (χ0n) is 30.3. The first-order chi connectivity index (χ1) is 24.6. The number of rotatable bonds is 16. The third-order valence-corrected chi connectivity index (χ3v) is 10.6. The molecular formula is C36H52N6O9S. The molecule has 3 amide bonds. The van der Waals surface area contributed by atoms with Crippen LogP contribution in [0.2, 0.25) is 0 Å². The number of sulfonamides is 1. The van der Waals surface area contributed by atoms with Crippen molar-refractivity contribution in [3.63, 3.8) is 0 Å². The number of carbonyl (C=O) groups is 4. The summed E-state index contributed by atoms with van der Waals surface area (Å²) in [5.41, 5.74) is 11.8. The fraction of sp³-hybridized carbons (Fsp3) is 0.556. The lowest BCUT2D eigenvalue weighted by molar-refractivity contribution is -0.167. The number of esters is 1. The molecule has 0 aliphatic carbocycles. The second-order valence-corrected chi connectivity index (χ2v) is 15.9. The highest BCUT2D eigenvalue weighted by Crippen LogP contribution is 2.47. The van der Waals surface area contributed by atoms with Gasteiger partial charge in [-0.1, -0.05) is 55.0 Å². The van der Waals surface area contributed by atoms with E-state index in [0.717, 1.165) is 11.1 Å². The van der Waals surface area contributed by atoms with Crippen molar-refractivity contribution in [1.82, 2.24) is 15.5 Å². The number of benzene rings is 2. The van der Waals surface area contributed by atoms with E-state index in [1.807, 2.05) is 48.5 Å². The monoisotopic (exact) mass is 744 g/mol. The Morgan fingerprint density at radius 2 is 1.63 bits per heavy atom. The van der Waals surface area contributed by atoms with Crippen molar-refractivity contribution < 1.29 is 41.8 Å². The Bertz CT molecular complexity index is 1670. The fourth-order valence-electron chi connectivity index (χ4n) is 6.46. The quantitative estimate of drug-likeness (QED) is 0.111. The number of amides is 3. The summed E-state index contributed by atoms with van der Waals surface area (Å²) < 4.78 is 42.9. The first-order valence-electron chi connectivity index (χ1n) is 17.5. The van der Waals surface area contributed by atoms with Gasteiger partial charge in [0.15, 0.2) is 0 Å². The smallest absolute Gasteiger partial charge is 0.411 e. The number of carbonyl (C=O) groups excluding carboxylic acids is 4. The zero-order valence-corrected chi connectivity index (χ0v) is 31.2. The average molecular weight is 745 g/mol. The first kappa shape index (κ1) is 40.5. The topological polar surface area (TPSA) is 213 Å². The Hall–Kier alpha value is -4.25.